The smallest absolute Gasteiger partial charge is 0.257 e. The van der Waals surface area contributed by atoms with E-state index in [1.807, 2.05) is 66.4 Å². The third kappa shape index (κ3) is 3.03. The third-order valence-corrected chi connectivity index (χ3v) is 4.54. The monoisotopic (exact) mass is 332 g/mol. The van der Waals surface area contributed by atoms with E-state index in [9.17, 15) is 4.79 Å². The lowest BCUT2D eigenvalue weighted by Gasteiger charge is -2.36. The van der Waals surface area contributed by atoms with Crippen LogP contribution in [0.15, 0.2) is 71.1 Å². The van der Waals surface area contributed by atoms with Crippen LogP contribution in [0.25, 0.3) is 0 Å². The number of para-hydroxylation sites is 1. The second-order valence-electron chi connectivity index (χ2n) is 6.28. The molecule has 0 aliphatic carbocycles. The van der Waals surface area contributed by atoms with E-state index >= 15 is 0 Å². The molecule has 0 saturated heterocycles. The molecule has 1 aromatic heterocycles. The van der Waals surface area contributed by atoms with Crippen LogP contribution in [0.4, 0.5) is 5.69 Å². The summed E-state index contributed by atoms with van der Waals surface area (Å²) in [6.07, 6.45) is 0.506. The maximum atomic E-state index is 13.1. The van der Waals surface area contributed by atoms with E-state index in [1.165, 1.54) is 5.56 Å². The third-order valence-electron chi connectivity index (χ3n) is 4.54. The first kappa shape index (κ1) is 15.5. The van der Waals surface area contributed by atoms with E-state index in [2.05, 4.69) is 17.4 Å². The van der Waals surface area contributed by atoms with E-state index in [0.717, 1.165) is 23.6 Å². The molecular formula is C21H20N2O2. The predicted octanol–water partition coefficient (Wildman–Crippen LogP) is 4.40. The minimum absolute atomic E-state index is 0.0318. The van der Waals surface area contributed by atoms with Crippen molar-refractivity contribution in [3.05, 3.63) is 89.4 Å². The number of carbonyl (C=O) groups is 1. The first-order valence-electron chi connectivity index (χ1n) is 8.49. The molecule has 0 unspecified atom stereocenters. The molecule has 0 fully saturated rings. The molecule has 2 heterocycles. The van der Waals surface area contributed by atoms with Crippen LogP contribution in [0, 0.1) is 6.92 Å². The van der Waals surface area contributed by atoms with Gasteiger partial charge < -0.3 is 14.6 Å². The predicted molar refractivity (Wildman–Crippen MR) is 97.4 cm³/mol. The zero-order chi connectivity index (χ0) is 17.2. The number of hydrogen-bond donors (Lipinski definition) is 1. The highest BCUT2D eigenvalue weighted by Gasteiger charge is 2.34. The zero-order valence-electron chi connectivity index (χ0n) is 14.1. The number of amides is 1. The summed E-state index contributed by atoms with van der Waals surface area (Å²) in [5, 5.41) is 3.45. The number of anilines is 1. The maximum absolute atomic E-state index is 13.1. The molecule has 1 atom stereocenters. The highest BCUT2D eigenvalue weighted by molar-refractivity contribution is 6.01. The van der Waals surface area contributed by atoms with Gasteiger partial charge in [0.1, 0.15) is 11.5 Å². The van der Waals surface area contributed by atoms with Gasteiger partial charge in [0, 0.05) is 12.2 Å². The van der Waals surface area contributed by atoms with Crippen LogP contribution in [0.3, 0.4) is 0 Å². The van der Waals surface area contributed by atoms with Gasteiger partial charge in [-0.2, -0.15) is 0 Å². The Morgan fingerprint density at radius 3 is 2.52 bits per heavy atom. The van der Waals surface area contributed by atoms with Crippen molar-refractivity contribution < 1.29 is 9.21 Å². The van der Waals surface area contributed by atoms with E-state index in [1.54, 1.807) is 0 Å². The molecule has 1 aliphatic heterocycles. The summed E-state index contributed by atoms with van der Waals surface area (Å²) in [5.74, 6) is 1.63. The quantitative estimate of drug-likeness (QED) is 0.770. The Hall–Kier alpha value is -3.01. The number of aryl methyl sites for hydroxylation is 1. The minimum Gasteiger partial charge on any atom is -0.462 e. The summed E-state index contributed by atoms with van der Waals surface area (Å²) in [6, 6.07) is 21.7. The fourth-order valence-electron chi connectivity index (χ4n) is 3.24. The van der Waals surface area contributed by atoms with Gasteiger partial charge in [-0.1, -0.05) is 42.5 Å². The highest BCUT2D eigenvalue weighted by atomic mass is 16.3. The summed E-state index contributed by atoms with van der Waals surface area (Å²) in [5.41, 5.74) is 2.76. The number of benzene rings is 2. The van der Waals surface area contributed by atoms with Crippen molar-refractivity contribution in [3.63, 3.8) is 0 Å². The standard InChI is InChI=1S/C21H20N2O2/c1-15-11-12-19(25-15)20-22-18-10-6-5-9-17(18)21(24)23(20)14-13-16-7-3-2-4-8-16/h2-12,20,22H,13-14H2,1H3/t20-/m0/s1. The summed E-state index contributed by atoms with van der Waals surface area (Å²) in [7, 11) is 0. The number of carbonyl (C=O) groups excluding carboxylic acids is 1. The molecular weight excluding hydrogens is 312 g/mol. The second kappa shape index (κ2) is 6.48. The number of fused-ring (bicyclic) bond motifs is 1. The molecule has 3 aromatic rings. The summed E-state index contributed by atoms with van der Waals surface area (Å²) in [6.45, 7) is 2.53. The topological polar surface area (TPSA) is 45.5 Å². The summed E-state index contributed by atoms with van der Waals surface area (Å²) < 4.78 is 5.81. The lowest BCUT2D eigenvalue weighted by Crippen LogP contribution is -2.43. The lowest BCUT2D eigenvalue weighted by atomic mass is 10.1. The molecule has 25 heavy (non-hydrogen) atoms. The molecule has 0 saturated carbocycles. The summed E-state index contributed by atoms with van der Waals surface area (Å²) >= 11 is 0. The van der Waals surface area contributed by atoms with Gasteiger partial charge in [0.2, 0.25) is 0 Å². The van der Waals surface area contributed by atoms with Crippen LogP contribution in [0.2, 0.25) is 0 Å². The number of nitrogens with zero attached hydrogens (tertiary/aromatic N) is 1. The molecule has 126 valence electrons. The van der Waals surface area contributed by atoms with Crippen molar-refractivity contribution in [3.8, 4) is 0 Å². The van der Waals surface area contributed by atoms with Gasteiger partial charge in [0.25, 0.3) is 5.91 Å². The largest absolute Gasteiger partial charge is 0.462 e. The van der Waals surface area contributed by atoms with Crippen molar-refractivity contribution in [1.82, 2.24) is 4.90 Å². The van der Waals surface area contributed by atoms with Crippen LogP contribution in [-0.2, 0) is 6.42 Å². The molecule has 1 amide bonds. The minimum atomic E-state index is -0.292. The van der Waals surface area contributed by atoms with Crippen LogP contribution in [0.5, 0.6) is 0 Å². The molecule has 1 aliphatic rings. The Morgan fingerprint density at radius 2 is 1.76 bits per heavy atom. The maximum Gasteiger partial charge on any atom is 0.257 e. The normalized spacial score (nSPS) is 16.4. The van der Waals surface area contributed by atoms with Gasteiger partial charge in [-0.05, 0) is 43.2 Å². The Balaban J connectivity index is 1.66. The SMILES string of the molecule is Cc1ccc([C@H]2Nc3ccccc3C(=O)N2CCc2ccccc2)o1. The fourth-order valence-corrected chi connectivity index (χ4v) is 3.24. The molecule has 4 heteroatoms. The van der Waals surface area contributed by atoms with Gasteiger partial charge in [-0.15, -0.1) is 0 Å². The van der Waals surface area contributed by atoms with Crippen molar-refractivity contribution >= 4 is 11.6 Å². The highest BCUT2D eigenvalue weighted by Crippen LogP contribution is 2.33. The fraction of sp³-hybridized carbons (Fsp3) is 0.190. The Bertz CT molecular complexity index is 886. The molecule has 0 spiro atoms. The number of rotatable bonds is 4. The zero-order valence-corrected chi connectivity index (χ0v) is 14.1. The van der Waals surface area contributed by atoms with Crippen molar-refractivity contribution in [1.29, 1.82) is 0 Å². The second-order valence-corrected chi connectivity index (χ2v) is 6.28. The molecule has 4 rings (SSSR count). The molecule has 0 bridgehead atoms. The van der Waals surface area contributed by atoms with E-state index < -0.39 is 0 Å². The van der Waals surface area contributed by atoms with E-state index in [4.69, 9.17) is 4.42 Å². The van der Waals surface area contributed by atoms with Crippen LogP contribution in [0.1, 0.15) is 33.6 Å². The van der Waals surface area contributed by atoms with Gasteiger partial charge in [0.15, 0.2) is 6.17 Å². The Labute approximate surface area is 147 Å². The average molecular weight is 332 g/mol. The lowest BCUT2D eigenvalue weighted by molar-refractivity contribution is 0.0665. The Kier molecular flexibility index (Phi) is 4.02. The van der Waals surface area contributed by atoms with Crippen LogP contribution < -0.4 is 5.32 Å². The van der Waals surface area contributed by atoms with Gasteiger partial charge >= 0.3 is 0 Å². The molecule has 4 nitrogen and oxygen atoms in total. The molecule has 1 N–H and O–H groups in total. The summed E-state index contributed by atoms with van der Waals surface area (Å²) in [4.78, 5) is 14.9. The van der Waals surface area contributed by atoms with Gasteiger partial charge in [0.05, 0.1) is 5.56 Å². The molecule has 0 radical (unpaired) electrons. The average Bonchev–Trinajstić information content (AvgIpc) is 3.08. The van der Waals surface area contributed by atoms with Crippen molar-refractivity contribution in [2.24, 2.45) is 0 Å². The van der Waals surface area contributed by atoms with E-state index in [0.29, 0.717) is 12.1 Å². The first-order valence-corrected chi connectivity index (χ1v) is 8.49. The number of furan rings is 1. The van der Waals surface area contributed by atoms with Crippen LogP contribution >= 0.6 is 0 Å². The first-order chi connectivity index (χ1) is 12.2. The van der Waals surface area contributed by atoms with Crippen LogP contribution in [-0.4, -0.2) is 17.4 Å². The van der Waals surface area contributed by atoms with Gasteiger partial charge in [-0.25, -0.2) is 0 Å². The molecule has 2 aromatic carbocycles. The Morgan fingerprint density at radius 1 is 1.00 bits per heavy atom. The van der Waals surface area contributed by atoms with Crippen molar-refractivity contribution in [2.45, 2.75) is 19.5 Å². The number of nitrogens with one attached hydrogen (secondary N) is 1. The van der Waals surface area contributed by atoms with Gasteiger partial charge in [-0.3, -0.25) is 4.79 Å². The number of hydrogen-bond acceptors (Lipinski definition) is 3. The van der Waals surface area contributed by atoms with E-state index in [-0.39, 0.29) is 12.1 Å². The van der Waals surface area contributed by atoms with Crippen molar-refractivity contribution in [2.75, 3.05) is 11.9 Å².